The van der Waals surface area contributed by atoms with Crippen molar-refractivity contribution >= 4 is 0 Å². The van der Waals surface area contributed by atoms with Crippen LogP contribution in [0, 0.1) is 0 Å². The van der Waals surface area contributed by atoms with E-state index in [0.29, 0.717) is 6.61 Å². The van der Waals surface area contributed by atoms with Gasteiger partial charge < -0.3 is 10.1 Å². The summed E-state index contributed by atoms with van der Waals surface area (Å²) in [5, 5.41) is 11.1. The lowest BCUT2D eigenvalue weighted by Gasteiger charge is -2.13. The van der Waals surface area contributed by atoms with E-state index in [2.05, 4.69) is 39.8 Å². The monoisotopic (exact) mass is 305 g/mol. The molecule has 0 radical (unpaired) electrons. The Morgan fingerprint density at radius 1 is 1.04 bits per heavy atom. The van der Waals surface area contributed by atoms with Crippen LogP contribution < -0.4 is 10.1 Å². The molecule has 0 unspecified atom stereocenters. The van der Waals surface area contributed by atoms with E-state index >= 15 is 0 Å². The van der Waals surface area contributed by atoms with E-state index in [9.17, 15) is 0 Å². The van der Waals surface area contributed by atoms with Gasteiger partial charge in [-0.2, -0.15) is 5.10 Å². The van der Waals surface area contributed by atoms with Gasteiger partial charge in [-0.25, -0.2) is 0 Å². The molecule has 2 aromatic carbocycles. The molecule has 0 fully saturated rings. The van der Waals surface area contributed by atoms with Crippen LogP contribution in [0.25, 0.3) is 11.3 Å². The molecule has 1 aliphatic rings. The molecule has 2 heterocycles. The number of hydrogen-bond donors (Lipinski definition) is 2. The van der Waals surface area contributed by atoms with E-state index in [0.717, 1.165) is 36.5 Å². The number of fused-ring (bicyclic) bond motifs is 1. The zero-order valence-corrected chi connectivity index (χ0v) is 12.9. The number of H-pyrrole nitrogens is 1. The highest BCUT2D eigenvalue weighted by Crippen LogP contribution is 2.28. The van der Waals surface area contributed by atoms with Gasteiger partial charge in [0.25, 0.3) is 0 Å². The van der Waals surface area contributed by atoms with Gasteiger partial charge in [0, 0.05) is 36.3 Å². The van der Waals surface area contributed by atoms with Crippen molar-refractivity contribution in [1.29, 1.82) is 0 Å². The van der Waals surface area contributed by atoms with Gasteiger partial charge in [0.1, 0.15) is 12.4 Å². The Balaban J connectivity index is 1.56. The summed E-state index contributed by atoms with van der Waals surface area (Å²) in [4.78, 5) is 0. The first-order valence-electron chi connectivity index (χ1n) is 7.94. The highest BCUT2D eigenvalue weighted by Gasteiger charge is 2.17. The van der Waals surface area contributed by atoms with Crippen LogP contribution in [0.4, 0.5) is 0 Å². The van der Waals surface area contributed by atoms with Crippen LogP contribution in [0.3, 0.4) is 0 Å². The quantitative estimate of drug-likeness (QED) is 0.777. The molecule has 0 saturated heterocycles. The Morgan fingerprint density at radius 2 is 1.96 bits per heavy atom. The number of hydrogen-bond acceptors (Lipinski definition) is 3. The maximum atomic E-state index is 5.92. The van der Waals surface area contributed by atoms with Gasteiger partial charge in [0.05, 0.1) is 5.69 Å². The Labute approximate surface area is 135 Å². The van der Waals surface area contributed by atoms with Crippen LogP contribution in [0.5, 0.6) is 5.75 Å². The van der Waals surface area contributed by atoms with Crippen molar-refractivity contribution in [2.75, 3.05) is 6.54 Å². The number of aromatic amines is 1. The highest BCUT2D eigenvalue weighted by atomic mass is 16.5. The number of ether oxygens (including phenoxy) is 1. The van der Waals surface area contributed by atoms with Gasteiger partial charge in [-0.15, -0.1) is 0 Å². The van der Waals surface area contributed by atoms with E-state index in [1.54, 1.807) is 0 Å². The number of nitrogens with one attached hydrogen (secondary N) is 2. The summed E-state index contributed by atoms with van der Waals surface area (Å²) in [6.45, 7) is 2.45. The zero-order valence-electron chi connectivity index (χ0n) is 12.9. The van der Waals surface area contributed by atoms with Crippen LogP contribution in [-0.4, -0.2) is 16.7 Å². The maximum absolute atomic E-state index is 5.92. The summed E-state index contributed by atoms with van der Waals surface area (Å²) in [5.41, 5.74) is 5.80. The average Bonchev–Trinajstić information content (AvgIpc) is 3.05. The first-order chi connectivity index (χ1) is 11.4. The summed E-state index contributed by atoms with van der Waals surface area (Å²) in [7, 11) is 0. The summed E-state index contributed by atoms with van der Waals surface area (Å²) in [6.07, 6.45) is 1.01. The summed E-state index contributed by atoms with van der Waals surface area (Å²) < 4.78 is 5.92. The average molecular weight is 305 g/mol. The Kier molecular flexibility index (Phi) is 3.82. The van der Waals surface area contributed by atoms with Gasteiger partial charge in [-0.1, -0.05) is 42.5 Å². The third-order valence-corrected chi connectivity index (χ3v) is 4.16. The molecule has 23 heavy (non-hydrogen) atoms. The second-order valence-electron chi connectivity index (χ2n) is 5.76. The molecule has 116 valence electrons. The van der Waals surface area contributed by atoms with E-state index in [-0.39, 0.29) is 0 Å². The summed E-state index contributed by atoms with van der Waals surface area (Å²) in [6, 6.07) is 18.4. The fraction of sp³-hybridized carbons (Fsp3) is 0.211. The van der Waals surface area contributed by atoms with Crippen LogP contribution >= 0.6 is 0 Å². The first kappa shape index (κ1) is 14.0. The van der Waals surface area contributed by atoms with Crippen molar-refractivity contribution in [3.8, 4) is 17.0 Å². The number of nitrogens with zero attached hydrogens (tertiary/aromatic N) is 1. The molecule has 0 saturated carbocycles. The predicted octanol–water partition coefficient (Wildman–Crippen LogP) is 3.30. The minimum atomic E-state index is 0.574. The van der Waals surface area contributed by atoms with E-state index < -0.39 is 0 Å². The molecule has 0 spiro atoms. The van der Waals surface area contributed by atoms with Crippen LogP contribution in [0.2, 0.25) is 0 Å². The second-order valence-corrected chi connectivity index (χ2v) is 5.76. The van der Waals surface area contributed by atoms with Crippen molar-refractivity contribution in [2.24, 2.45) is 0 Å². The maximum Gasteiger partial charge on any atom is 0.120 e. The molecule has 3 aromatic rings. The third kappa shape index (κ3) is 2.98. The van der Waals surface area contributed by atoms with Crippen molar-refractivity contribution in [1.82, 2.24) is 15.5 Å². The fourth-order valence-electron chi connectivity index (χ4n) is 2.94. The van der Waals surface area contributed by atoms with Crippen molar-refractivity contribution in [2.45, 2.75) is 19.6 Å². The predicted molar refractivity (Wildman–Crippen MR) is 90.2 cm³/mol. The van der Waals surface area contributed by atoms with Crippen molar-refractivity contribution in [3.05, 3.63) is 71.4 Å². The van der Waals surface area contributed by atoms with E-state index in [1.165, 1.54) is 16.8 Å². The first-order valence-corrected chi connectivity index (χ1v) is 7.94. The van der Waals surface area contributed by atoms with Gasteiger partial charge >= 0.3 is 0 Å². The Morgan fingerprint density at radius 3 is 2.87 bits per heavy atom. The number of aromatic nitrogens is 2. The molecule has 0 atom stereocenters. The molecule has 1 aromatic heterocycles. The molecule has 1 aliphatic heterocycles. The number of benzene rings is 2. The standard InChI is InChI=1S/C19H19N3O/c1-2-5-14(6-3-1)13-23-16-8-4-7-15(11-16)19-17-12-20-10-9-18(17)21-22-19/h1-8,11,20H,9-10,12-13H2,(H,21,22). The lowest BCUT2D eigenvalue weighted by Crippen LogP contribution is -2.23. The molecule has 0 bridgehead atoms. The summed E-state index contributed by atoms with van der Waals surface area (Å²) in [5.74, 6) is 0.867. The largest absolute Gasteiger partial charge is 0.489 e. The molecule has 0 aliphatic carbocycles. The van der Waals surface area contributed by atoms with Crippen LogP contribution in [-0.2, 0) is 19.6 Å². The second kappa shape index (κ2) is 6.26. The lowest BCUT2D eigenvalue weighted by molar-refractivity contribution is 0.306. The van der Waals surface area contributed by atoms with Crippen LogP contribution in [0.1, 0.15) is 16.8 Å². The summed E-state index contributed by atoms with van der Waals surface area (Å²) >= 11 is 0. The Bertz CT molecular complexity index is 795. The molecular weight excluding hydrogens is 286 g/mol. The minimum absolute atomic E-state index is 0.574. The van der Waals surface area contributed by atoms with Gasteiger partial charge in [0.15, 0.2) is 0 Å². The minimum Gasteiger partial charge on any atom is -0.489 e. The van der Waals surface area contributed by atoms with Crippen LogP contribution in [0.15, 0.2) is 54.6 Å². The van der Waals surface area contributed by atoms with Gasteiger partial charge in [-0.3, -0.25) is 5.10 Å². The highest BCUT2D eigenvalue weighted by molar-refractivity contribution is 5.65. The smallest absolute Gasteiger partial charge is 0.120 e. The molecule has 4 nitrogen and oxygen atoms in total. The van der Waals surface area contributed by atoms with Gasteiger partial charge in [0.2, 0.25) is 0 Å². The number of rotatable bonds is 4. The molecular formula is C19H19N3O. The fourth-order valence-corrected chi connectivity index (χ4v) is 2.94. The van der Waals surface area contributed by atoms with Crippen molar-refractivity contribution in [3.63, 3.8) is 0 Å². The van der Waals surface area contributed by atoms with Crippen molar-refractivity contribution < 1.29 is 4.74 Å². The van der Waals surface area contributed by atoms with E-state index in [1.807, 2.05) is 30.3 Å². The molecule has 0 amide bonds. The zero-order chi connectivity index (χ0) is 15.5. The molecule has 4 heteroatoms. The molecule has 4 rings (SSSR count). The molecule has 2 N–H and O–H groups in total. The lowest BCUT2D eigenvalue weighted by atomic mass is 10.0. The Hall–Kier alpha value is -2.59. The normalized spacial score (nSPS) is 13.6. The topological polar surface area (TPSA) is 49.9 Å². The van der Waals surface area contributed by atoms with E-state index in [4.69, 9.17) is 4.74 Å². The SMILES string of the molecule is c1ccc(COc2cccc(-c3n[nH]c4c3CNCC4)c2)cc1. The van der Waals surface area contributed by atoms with Gasteiger partial charge in [-0.05, 0) is 17.7 Å². The third-order valence-electron chi connectivity index (χ3n) is 4.16.